The molecule has 0 radical (unpaired) electrons. The molecule has 22 heavy (non-hydrogen) atoms. The number of anilines is 2. The fraction of sp³-hybridized carbons (Fsp3) is 0.267. The Balaban J connectivity index is 1.71. The highest BCUT2D eigenvalue weighted by Gasteiger charge is 2.20. The van der Waals surface area contributed by atoms with Crippen molar-refractivity contribution < 1.29 is 14.3 Å². The van der Waals surface area contributed by atoms with Crippen LogP contribution in [0.4, 0.5) is 16.0 Å². The second-order valence-electron chi connectivity index (χ2n) is 4.99. The molecule has 1 fully saturated rings. The summed E-state index contributed by atoms with van der Waals surface area (Å²) in [6.07, 6.45) is 3.40. The molecule has 3 rings (SSSR count). The first-order valence-electron chi connectivity index (χ1n) is 6.95. The zero-order chi connectivity index (χ0) is 15.5. The number of aromatic nitrogens is 2. The Bertz CT molecular complexity index is 672. The van der Waals surface area contributed by atoms with Crippen molar-refractivity contribution in [2.75, 3.05) is 36.0 Å². The quantitative estimate of drug-likeness (QED) is 0.929. The van der Waals surface area contributed by atoms with E-state index in [1.165, 1.54) is 12.1 Å². The molecule has 1 aliphatic rings. The fourth-order valence-corrected chi connectivity index (χ4v) is 2.49. The van der Waals surface area contributed by atoms with Crippen LogP contribution in [-0.4, -0.2) is 47.2 Å². The molecule has 1 aliphatic heterocycles. The minimum absolute atomic E-state index is 0.300. The number of halogens is 1. The van der Waals surface area contributed by atoms with E-state index in [4.69, 9.17) is 5.11 Å². The monoisotopic (exact) mass is 302 g/mol. The van der Waals surface area contributed by atoms with Crippen LogP contribution in [0.15, 0.2) is 36.7 Å². The van der Waals surface area contributed by atoms with E-state index in [2.05, 4.69) is 14.9 Å². The lowest BCUT2D eigenvalue weighted by atomic mass is 10.1. The predicted molar refractivity (Wildman–Crippen MR) is 79.8 cm³/mol. The van der Waals surface area contributed by atoms with Crippen LogP contribution in [-0.2, 0) is 0 Å². The van der Waals surface area contributed by atoms with E-state index in [1.807, 2.05) is 4.90 Å². The SMILES string of the molecule is O=C(O)c1cc(N2CCN(c3ncccn3)CC2)ccc1F. The van der Waals surface area contributed by atoms with Crippen LogP contribution in [0.3, 0.4) is 0 Å². The molecular formula is C15H15FN4O2. The summed E-state index contributed by atoms with van der Waals surface area (Å²) in [5.41, 5.74) is 0.416. The summed E-state index contributed by atoms with van der Waals surface area (Å²) >= 11 is 0. The highest BCUT2D eigenvalue weighted by Crippen LogP contribution is 2.21. The van der Waals surface area contributed by atoms with Crippen LogP contribution in [0.5, 0.6) is 0 Å². The molecule has 6 nitrogen and oxygen atoms in total. The second-order valence-corrected chi connectivity index (χ2v) is 4.99. The molecule has 1 N–H and O–H groups in total. The lowest BCUT2D eigenvalue weighted by Gasteiger charge is -2.36. The average molecular weight is 302 g/mol. The van der Waals surface area contributed by atoms with Crippen LogP contribution in [0, 0.1) is 5.82 Å². The molecule has 2 heterocycles. The number of benzene rings is 1. The second kappa shape index (κ2) is 5.97. The van der Waals surface area contributed by atoms with Gasteiger partial charge in [0.15, 0.2) is 0 Å². The lowest BCUT2D eigenvalue weighted by Crippen LogP contribution is -2.47. The molecule has 1 aromatic carbocycles. The number of rotatable bonds is 3. The zero-order valence-electron chi connectivity index (χ0n) is 11.8. The van der Waals surface area contributed by atoms with Gasteiger partial charge in [0, 0.05) is 44.3 Å². The Hall–Kier alpha value is -2.70. The fourth-order valence-electron chi connectivity index (χ4n) is 2.49. The van der Waals surface area contributed by atoms with Gasteiger partial charge in [-0.1, -0.05) is 0 Å². The van der Waals surface area contributed by atoms with Gasteiger partial charge in [0.25, 0.3) is 0 Å². The number of carboxylic acid groups (broad SMARTS) is 1. The number of carboxylic acids is 1. The van der Waals surface area contributed by atoms with Gasteiger partial charge in [-0.15, -0.1) is 0 Å². The molecule has 0 saturated carbocycles. The van der Waals surface area contributed by atoms with Gasteiger partial charge in [0.05, 0.1) is 5.56 Å². The maximum atomic E-state index is 13.4. The number of carbonyl (C=O) groups is 1. The topological polar surface area (TPSA) is 69.6 Å². The minimum atomic E-state index is -1.25. The van der Waals surface area contributed by atoms with Crippen molar-refractivity contribution in [3.05, 3.63) is 48.0 Å². The van der Waals surface area contributed by atoms with Crippen LogP contribution in [0.1, 0.15) is 10.4 Å². The Labute approximate surface area is 126 Å². The van der Waals surface area contributed by atoms with Gasteiger partial charge in [-0.3, -0.25) is 0 Å². The molecule has 0 atom stereocenters. The molecule has 0 spiro atoms. The largest absolute Gasteiger partial charge is 0.478 e. The first kappa shape index (κ1) is 14.2. The van der Waals surface area contributed by atoms with Crippen molar-refractivity contribution in [2.45, 2.75) is 0 Å². The third kappa shape index (κ3) is 2.83. The van der Waals surface area contributed by atoms with Crippen molar-refractivity contribution in [3.63, 3.8) is 0 Å². The van der Waals surface area contributed by atoms with E-state index in [0.717, 1.165) is 13.1 Å². The number of hydrogen-bond donors (Lipinski definition) is 1. The van der Waals surface area contributed by atoms with E-state index in [0.29, 0.717) is 24.7 Å². The summed E-state index contributed by atoms with van der Waals surface area (Å²) in [4.78, 5) is 23.5. The smallest absolute Gasteiger partial charge is 0.338 e. The van der Waals surface area contributed by atoms with Gasteiger partial charge in [-0.2, -0.15) is 0 Å². The summed E-state index contributed by atoms with van der Waals surface area (Å²) in [5, 5.41) is 9.00. The Morgan fingerprint density at radius 3 is 2.36 bits per heavy atom. The maximum absolute atomic E-state index is 13.4. The molecule has 0 amide bonds. The van der Waals surface area contributed by atoms with Gasteiger partial charge in [0.2, 0.25) is 5.95 Å². The van der Waals surface area contributed by atoms with E-state index < -0.39 is 11.8 Å². The molecule has 1 aromatic heterocycles. The van der Waals surface area contributed by atoms with Gasteiger partial charge in [-0.25, -0.2) is 19.2 Å². The Morgan fingerprint density at radius 1 is 1.09 bits per heavy atom. The highest BCUT2D eigenvalue weighted by atomic mass is 19.1. The van der Waals surface area contributed by atoms with Crippen molar-refractivity contribution >= 4 is 17.6 Å². The standard InChI is InChI=1S/C15H15FN4O2/c16-13-3-2-11(10-12(13)14(21)22)19-6-8-20(9-7-19)15-17-4-1-5-18-15/h1-5,10H,6-9H2,(H,21,22). The molecule has 0 bridgehead atoms. The van der Waals surface area contributed by atoms with Crippen LogP contribution >= 0.6 is 0 Å². The zero-order valence-corrected chi connectivity index (χ0v) is 11.8. The van der Waals surface area contributed by atoms with Crippen molar-refractivity contribution in [2.24, 2.45) is 0 Å². The average Bonchev–Trinajstić information content (AvgIpc) is 2.56. The normalized spacial score (nSPS) is 15.0. The van der Waals surface area contributed by atoms with E-state index in [1.54, 1.807) is 24.5 Å². The Morgan fingerprint density at radius 2 is 1.73 bits per heavy atom. The van der Waals surface area contributed by atoms with Gasteiger partial charge in [0.1, 0.15) is 5.82 Å². The van der Waals surface area contributed by atoms with Crippen molar-refractivity contribution in [3.8, 4) is 0 Å². The summed E-state index contributed by atoms with van der Waals surface area (Å²) in [6, 6.07) is 5.96. The Kier molecular flexibility index (Phi) is 3.86. The summed E-state index contributed by atoms with van der Waals surface area (Å²) in [7, 11) is 0. The summed E-state index contributed by atoms with van der Waals surface area (Å²) in [5.74, 6) is -1.28. The molecule has 7 heteroatoms. The highest BCUT2D eigenvalue weighted by molar-refractivity contribution is 5.89. The lowest BCUT2D eigenvalue weighted by molar-refractivity contribution is 0.0692. The van der Waals surface area contributed by atoms with Crippen molar-refractivity contribution in [1.29, 1.82) is 0 Å². The summed E-state index contributed by atoms with van der Waals surface area (Å²) in [6.45, 7) is 2.85. The third-order valence-electron chi connectivity index (χ3n) is 3.66. The van der Waals surface area contributed by atoms with Gasteiger partial charge < -0.3 is 14.9 Å². The first-order valence-corrected chi connectivity index (χ1v) is 6.95. The van der Waals surface area contributed by atoms with Crippen LogP contribution < -0.4 is 9.80 Å². The molecule has 0 unspecified atom stereocenters. The summed E-state index contributed by atoms with van der Waals surface area (Å²) < 4.78 is 13.4. The van der Waals surface area contributed by atoms with Crippen molar-refractivity contribution in [1.82, 2.24) is 9.97 Å². The first-order chi connectivity index (χ1) is 10.6. The number of aromatic carboxylic acids is 1. The van der Waals surface area contributed by atoms with E-state index in [9.17, 15) is 9.18 Å². The van der Waals surface area contributed by atoms with Crippen LogP contribution in [0.25, 0.3) is 0 Å². The minimum Gasteiger partial charge on any atom is -0.478 e. The van der Waals surface area contributed by atoms with E-state index >= 15 is 0 Å². The van der Waals surface area contributed by atoms with Gasteiger partial charge >= 0.3 is 5.97 Å². The molecular weight excluding hydrogens is 287 g/mol. The predicted octanol–water partition coefficient (Wildman–Crippen LogP) is 1.64. The number of nitrogens with zero attached hydrogens (tertiary/aromatic N) is 4. The number of hydrogen-bond acceptors (Lipinski definition) is 5. The molecule has 114 valence electrons. The van der Waals surface area contributed by atoms with E-state index in [-0.39, 0.29) is 5.56 Å². The molecule has 2 aromatic rings. The van der Waals surface area contributed by atoms with Crippen LogP contribution in [0.2, 0.25) is 0 Å². The molecule has 1 saturated heterocycles. The third-order valence-corrected chi connectivity index (χ3v) is 3.66. The van der Waals surface area contributed by atoms with Gasteiger partial charge in [-0.05, 0) is 24.3 Å². The number of piperazine rings is 1. The maximum Gasteiger partial charge on any atom is 0.338 e. The molecule has 0 aliphatic carbocycles.